The van der Waals surface area contributed by atoms with E-state index in [4.69, 9.17) is 5.73 Å². The smallest absolute Gasteiger partial charge is 0.251 e. The molecule has 0 aliphatic carbocycles. The minimum atomic E-state index is -1.13. The second kappa shape index (κ2) is 3.26. The van der Waals surface area contributed by atoms with Crippen LogP contribution in [-0.4, -0.2) is 5.91 Å². The molecule has 0 aliphatic rings. The molecule has 1 aromatic carbocycles. The van der Waals surface area contributed by atoms with Crippen molar-refractivity contribution in [2.45, 2.75) is 0 Å². The molecule has 0 saturated heterocycles. The van der Waals surface area contributed by atoms with Crippen LogP contribution in [0.5, 0.6) is 0 Å². The molecule has 0 heterocycles. The van der Waals surface area contributed by atoms with Gasteiger partial charge in [-0.1, -0.05) is 0 Å². The second-order valence-corrected chi connectivity index (χ2v) is 2.24. The Balaban J connectivity index is 3.38. The summed E-state index contributed by atoms with van der Waals surface area (Å²) in [7, 11) is 0. The minimum Gasteiger partial charge on any atom is -0.366 e. The summed E-state index contributed by atoms with van der Waals surface area (Å²) in [6.45, 7) is 0. The fraction of sp³-hybridized carbons (Fsp3) is 0. The van der Waals surface area contributed by atoms with E-state index < -0.39 is 28.8 Å². The summed E-state index contributed by atoms with van der Waals surface area (Å²) < 4.78 is 25.3. The lowest BCUT2D eigenvalue weighted by Crippen LogP contribution is -2.13. The van der Waals surface area contributed by atoms with Gasteiger partial charge in [-0.25, -0.2) is 8.78 Å². The highest BCUT2D eigenvalue weighted by atomic mass is 19.1. The van der Waals surface area contributed by atoms with E-state index in [9.17, 15) is 18.5 Å². The van der Waals surface area contributed by atoms with E-state index in [1.807, 2.05) is 0 Å². The van der Waals surface area contributed by atoms with Crippen molar-refractivity contribution in [2.24, 2.45) is 10.9 Å². The van der Waals surface area contributed by atoms with Gasteiger partial charge in [0.1, 0.15) is 11.5 Å². The minimum absolute atomic E-state index is 0.386. The molecule has 1 rings (SSSR count). The van der Waals surface area contributed by atoms with Crippen LogP contribution >= 0.6 is 0 Å². The van der Waals surface area contributed by atoms with Crippen LogP contribution in [-0.2, 0) is 0 Å². The maximum absolute atomic E-state index is 12.7. The molecule has 68 valence electrons. The predicted octanol–water partition coefficient (Wildman–Crippen LogP) is 1.46. The Labute approximate surface area is 71.3 Å². The maximum atomic E-state index is 12.7. The number of carbonyl (C=O) groups is 1. The Morgan fingerprint density at radius 3 is 2.38 bits per heavy atom. The topological polar surface area (TPSA) is 72.5 Å². The number of hydrogen-bond acceptors (Lipinski definition) is 3. The number of hydrogen-bond donors (Lipinski definition) is 1. The summed E-state index contributed by atoms with van der Waals surface area (Å²) >= 11 is 0. The van der Waals surface area contributed by atoms with Gasteiger partial charge in [-0.15, -0.1) is 4.91 Å². The predicted molar refractivity (Wildman–Crippen MR) is 40.3 cm³/mol. The quantitative estimate of drug-likeness (QED) is 0.710. The van der Waals surface area contributed by atoms with Crippen molar-refractivity contribution in [3.8, 4) is 0 Å². The van der Waals surface area contributed by atoms with Gasteiger partial charge in [-0.3, -0.25) is 4.79 Å². The number of amides is 1. The van der Waals surface area contributed by atoms with Gasteiger partial charge in [-0.05, 0) is 11.2 Å². The van der Waals surface area contributed by atoms with E-state index in [2.05, 4.69) is 5.18 Å². The van der Waals surface area contributed by atoms with Gasteiger partial charge in [0.05, 0.1) is 5.56 Å². The number of carbonyl (C=O) groups excluding carboxylic acids is 1. The van der Waals surface area contributed by atoms with Crippen LogP contribution in [0, 0.1) is 16.5 Å². The third-order valence-corrected chi connectivity index (χ3v) is 1.40. The molecule has 0 bridgehead atoms. The summed E-state index contributed by atoms with van der Waals surface area (Å²) in [5.74, 6) is -3.32. The lowest BCUT2D eigenvalue weighted by atomic mass is 10.2. The molecule has 1 amide bonds. The molecule has 0 radical (unpaired) electrons. The van der Waals surface area contributed by atoms with Crippen LogP contribution in [0.15, 0.2) is 17.3 Å². The average molecular weight is 186 g/mol. The number of nitrogens with zero attached hydrogens (tertiary/aromatic N) is 1. The fourth-order valence-corrected chi connectivity index (χ4v) is 0.796. The van der Waals surface area contributed by atoms with Gasteiger partial charge in [-0.2, -0.15) is 0 Å². The number of rotatable bonds is 2. The van der Waals surface area contributed by atoms with E-state index in [1.165, 1.54) is 0 Å². The van der Waals surface area contributed by atoms with Crippen LogP contribution in [0.1, 0.15) is 10.4 Å². The summed E-state index contributed by atoms with van der Waals surface area (Å²) in [5, 5.41) is 2.25. The Hall–Kier alpha value is -1.85. The maximum Gasteiger partial charge on any atom is 0.251 e. The normalized spacial score (nSPS) is 9.69. The molecule has 0 aromatic heterocycles. The zero-order valence-corrected chi connectivity index (χ0v) is 6.25. The zero-order chi connectivity index (χ0) is 10.0. The first-order valence-corrected chi connectivity index (χ1v) is 3.18. The molecule has 13 heavy (non-hydrogen) atoms. The number of primary amides is 1. The van der Waals surface area contributed by atoms with Crippen LogP contribution < -0.4 is 5.73 Å². The third-order valence-electron chi connectivity index (χ3n) is 1.40. The highest BCUT2D eigenvalue weighted by molar-refractivity contribution is 5.93. The lowest BCUT2D eigenvalue weighted by molar-refractivity contribution is 0.0996. The second-order valence-electron chi connectivity index (χ2n) is 2.24. The largest absolute Gasteiger partial charge is 0.366 e. The van der Waals surface area contributed by atoms with Crippen molar-refractivity contribution in [1.82, 2.24) is 0 Å². The summed E-state index contributed by atoms with van der Waals surface area (Å²) in [6, 6.07) is 1.05. The molecular weight excluding hydrogens is 182 g/mol. The number of benzene rings is 1. The van der Waals surface area contributed by atoms with Gasteiger partial charge in [0.25, 0.3) is 5.91 Å². The monoisotopic (exact) mass is 186 g/mol. The molecule has 0 aliphatic heterocycles. The first kappa shape index (κ1) is 9.24. The van der Waals surface area contributed by atoms with Gasteiger partial charge >= 0.3 is 0 Å². The van der Waals surface area contributed by atoms with Crippen LogP contribution in [0.3, 0.4) is 0 Å². The average Bonchev–Trinajstić information content (AvgIpc) is 2.03. The number of nitroso groups, excluding NO2 is 1. The molecule has 0 atom stereocenters. The Morgan fingerprint density at radius 1 is 1.31 bits per heavy atom. The van der Waals surface area contributed by atoms with Crippen LogP contribution in [0.25, 0.3) is 0 Å². The van der Waals surface area contributed by atoms with Crippen LogP contribution in [0.2, 0.25) is 0 Å². The van der Waals surface area contributed by atoms with E-state index in [1.54, 1.807) is 0 Å². The van der Waals surface area contributed by atoms with Crippen molar-refractivity contribution in [2.75, 3.05) is 0 Å². The Morgan fingerprint density at radius 2 is 1.92 bits per heavy atom. The fourth-order valence-electron chi connectivity index (χ4n) is 0.796. The Bertz CT molecular complexity index is 379. The van der Waals surface area contributed by atoms with Crippen molar-refractivity contribution < 1.29 is 13.6 Å². The zero-order valence-electron chi connectivity index (χ0n) is 6.25. The Kier molecular flexibility index (Phi) is 2.32. The van der Waals surface area contributed by atoms with Crippen molar-refractivity contribution >= 4 is 11.6 Å². The highest BCUT2D eigenvalue weighted by Crippen LogP contribution is 2.21. The number of halogens is 2. The van der Waals surface area contributed by atoms with Crippen LogP contribution in [0.4, 0.5) is 14.5 Å². The molecule has 0 fully saturated rings. The molecule has 0 unspecified atom stereocenters. The standard InChI is InChI=1S/C7H4F2N2O2/c8-4-2-5(9)6(11-13)1-3(4)7(10)12/h1-2H,(H2,10,12). The first-order valence-electron chi connectivity index (χ1n) is 3.18. The summed E-state index contributed by atoms with van der Waals surface area (Å²) in [4.78, 5) is 20.5. The molecular formula is C7H4F2N2O2. The number of nitrogens with two attached hydrogens (primary N) is 1. The lowest BCUT2D eigenvalue weighted by Gasteiger charge is -1.99. The van der Waals surface area contributed by atoms with Crippen molar-refractivity contribution in [1.29, 1.82) is 0 Å². The molecule has 2 N–H and O–H groups in total. The van der Waals surface area contributed by atoms with Crippen molar-refractivity contribution in [3.63, 3.8) is 0 Å². The van der Waals surface area contributed by atoms with Gasteiger partial charge < -0.3 is 5.73 Å². The molecule has 1 aromatic rings. The third kappa shape index (κ3) is 1.66. The van der Waals surface area contributed by atoms with E-state index in [-0.39, 0.29) is 0 Å². The van der Waals surface area contributed by atoms with E-state index in [0.29, 0.717) is 12.1 Å². The van der Waals surface area contributed by atoms with E-state index in [0.717, 1.165) is 0 Å². The molecule has 0 saturated carbocycles. The van der Waals surface area contributed by atoms with Gasteiger partial charge in [0.15, 0.2) is 5.82 Å². The first-order chi connectivity index (χ1) is 6.06. The molecule has 6 heteroatoms. The SMILES string of the molecule is NC(=O)c1cc(N=O)c(F)cc1F. The summed E-state index contributed by atoms with van der Waals surface area (Å²) in [5.41, 5.74) is 3.54. The van der Waals surface area contributed by atoms with E-state index >= 15 is 0 Å². The molecule has 4 nitrogen and oxygen atoms in total. The van der Waals surface area contributed by atoms with Crippen molar-refractivity contribution in [3.05, 3.63) is 34.2 Å². The van der Waals surface area contributed by atoms with Gasteiger partial charge in [0.2, 0.25) is 0 Å². The molecule has 0 spiro atoms. The highest BCUT2D eigenvalue weighted by Gasteiger charge is 2.13. The summed E-state index contributed by atoms with van der Waals surface area (Å²) in [6.07, 6.45) is 0. The van der Waals surface area contributed by atoms with Gasteiger partial charge in [0, 0.05) is 6.07 Å².